The molecular formula is C21H24N4. The summed E-state index contributed by atoms with van der Waals surface area (Å²) in [6, 6.07) is 7.95. The van der Waals surface area contributed by atoms with Crippen LogP contribution in [0.25, 0.3) is 5.57 Å². The summed E-state index contributed by atoms with van der Waals surface area (Å²) < 4.78 is 0. The van der Waals surface area contributed by atoms with Gasteiger partial charge < -0.3 is 5.32 Å². The Morgan fingerprint density at radius 1 is 1.04 bits per heavy atom. The van der Waals surface area contributed by atoms with E-state index in [9.17, 15) is 0 Å². The van der Waals surface area contributed by atoms with Crippen LogP contribution in [0.2, 0.25) is 0 Å². The molecule has 2 aromatic rings. The van der Waals surface area contributed by atoms with Gasteiger partial charge in [-0.05, 0) is 80.8 Å². The van der Waals surface area contributed by atoms with Crippen molar-refractivity contribution >= 4 is 17.1 Å². The molecule has 0 aromatic carbocycles. The van der Waals surface area contributed by atoms with Crippen LogP contribution in [0.15, 0.2) is 78.0 Å². The first-order valence-corrected chi connectivity index (χ1v) is 8.28. The van der Waals surface area contributed by atoms with Crippen LogP contribution in [0.3, 0.4) is 0 Å². The van der Waals surface area contributed by atoms with Crippen molar-refractivity contribution in [1.82, 2.24) is 9.97 Å². The summed E-state index contributed by atoms with van der Waals surface area (Å²) in [5.41, 5.74) is 4.33. The average Bonchev–Trinajstić information content (AvgIpc) is 2.62. The third-order valence-corrected chi connectivity index (χ3v) is 3.57. The number of anilines is 1. The molecule has 0 amide bonds. The summed E-state index contributed by atoms with van der Waals surface area (Å²) in [6.07, 6.45) is 13.4. The normalized spacial score (nSPS) is 13.4. The quantitative estimate of drug-likeness (QED) is 0.586. The Labute approximate surface area is 149 Å². The Balaban J connectivity index is 2.10. The minimum absolute atomic E-state index is 0.770. The molecule has 0 saturated heterocycles. The Kier molecular flexibility index (Phi) is 6.84. The smallest absolute Gasteiger partial charge is 0.131 e. The van der Waals surface area contributed by atoms with Gasteiger partial charge in [0.05, 0.1) is 0 Å². The van der Waals surface area contributed by atoms with Gasteiger partial charge in [-0.25, -0.2) is 9.98 Å². The molecule has 0 aliphatic rings. The minimum Gasteiger partial charge on any atom is -0.325 e. The fourth-order valence-electron chi connectivity index (χ4n) is 2.24. The van der Waals surface area contributed by atoms with Gasteiger partial charge in [0.2, 0.25) is 0 Å². The molecule has 4 heteroatoms. The van der Waals surface area contributed by atoms with E-state index in [0.717, 1.165) is 34.1 Å². The van der Waals surface area contributed by atoms with Gasteiger partial charge >= 0.3 is 0 Å². The number of hydrogen-bond acceptors (Lipinski definition) is 4. The van der Waals surface area contributed by atoms with Crippen molar-refractivity contribution < 1.29 is 0 Å². The molecule has 0 spiro atoms. The maximum absolute atomic E-state index is 4.62. The van der Waals surface area contributed by atoms with Crippen LogP contribution in [0.5, 0.6) is 0 Å². The summed E-state index contributed by atoms with van der Waals surface area (Å²) in [7, 11) is 0. The van der Waals surface area contributed by atoms with Crippen molar-refractivity contribution in [1.29, 1.82) is 0 Å². The van der Waals surface area contributed by atoms with Crippen molar-refractivity contribution in [3.8, 4) is 0 Å². The first kappa shape index (κ1) is 18.3. The van der Waals surface area contributed by atoms with Crippen LogP contribution >= 0.6 is 0 Å². The third kappa shape index (κ3) is 5.84. The van der Waals surface area contributed by atoms with Crippen molar-refractivity contribution in [2.45, 2.75) is 27.7 Å². The van der Waals surface area contributed by atoms with Gasteiger partial charge in [-0.3, -0.25) is 4.98 Å². The predicted octanol–water partition coefficient (Wildman–Crippen LogP) is 5.18. The number of hydrogen-bond donors (Lipinski definition) is 1. The van der Waals surface area contributed by atoms with E-state index in [4.69, 9.17) is 0 Å². The monoisotopic (exact) mass is 332 g/mol. The highest BCUT2D eigenvalue weighted by atomic mass is 15.1. The number of aromatic nitrogens is 2. The molecule has 0 aliphatic carbocycles. The molecule has 25 heavy (non-hydrogen) atoms. The predicted molar refractivity (Wildman–Crippen MR) is 106 cm³/mol. The topological polar surface area (TPSA) is 50.2 Å². The molecule has 0 fully saturated rings. The zero-order chi connectivity index (χ0) is 18.1. The van der Waals surface area contributed by atoms with Crippen LogP contribution in [0, 0.1) is 6.92 Å². The number of aryl methyl sites for hydroxylation is 1. The van der Waals surface area contributed by atoms with Gasteiger partial charge in [0.15, 0.2) is 0 Å². The molecule has 0 radical (unpaired) electrons. The van der Waals surface area contributed by atoms with Gasteiger partial charge in [0.1, 0.15) is 11.6 Å². The third-order valence-electron chi connectivity index (χ3n) is 3.57. The average molecular weight is 332 g/mol. The molecule has 1 N–H and O–H groups in total. The standard InChI is InChI=1S/C21H24N4/c1-5-18(19-10-12-22-13-11-19)8-7-17(4)24-20(6-2)25-21-15-16(3)9-14-23-21/h5-15H,1-4H3,(H,23,25)/b8-7-,18-5+,20-6+,24-17+. The Morgan fingerprint density at radius 2 is 1.80 bits per heavy atom. The van der Waals surface area contributed by atoms with Crippen molar-refractivity contribution in [3.05, 3.63) is 84.1 Å². The van der Waals surface area contributed by atoms with Crippen molar-refractivity contribution in [3.63, 3.8) is 0 Å². The van der Waals surface area contributed by atoms with E-state index in [1.165, 1.54) is 0 Å². The lowest BCUT2D eigenvalue weighted by Crippen LogP contribution is -2.01. The molecule has 0 unspecified atom stereocenters. The number of aliphatic imine (C=N–C) groups is 1. The lowest BCUT2D eigenvalue weighted by Gasteiger charge is -2.07. The van der Waals surface area contributed by atoms with Crippen LogP contribution in [-0.4, -0.2) is 15.7 Å². The zero-order valence-electron chi connectivity index (χ0n) is 15.2. The summed E-state index contributed by atoms with van der Waals surface area (Å²) >= 11 is 0. The summed E-state index contributed by atoms with van der Waals surface area (Å²) in [5, 5.41) is 3.24. The minimum atomic E-state index is 0.770. The SMILES string of the molecule is C\C=C(/N=C(C)/C=C\C(=C/C)c1ccncc1)Nc1cc(C)ccn1. The molecule has 0 saturated carbocycles. The van der Waals surface area contributed by atoms with Gasteiger partial charge in [0.25, 0.3) is 0 Å². The second-order valence-electron chi connectivity index (χ2n) is 5.58. The highest BCUT2D eigenvalue weighted by molar-refractivity contribution is 5.96. The Hall–Kier alpha value is -3.01. The number of pyridine rings is 2. The van der Waals surface area contributed by atoms with Crippen LogP contribution in [0.1, 0.15) is 31.9 Å². The molecule has 128 valence electrons. The summed E-state index contributed by atoms with van der Waals surface area (Å²) in [6.45, 7) is 7.99. The highest BCUT2D eigenvalue weighted by Gasteiger charge is 1.99. The van der Waals surface area contributed by atoms with Crippen molar-refractivity contribution in [2.75, 3.05) is 5.32 Å². The van der Waals surface area contributed by atoms with Crippen LogP contribution in [0.4, 0.5) is 5.82 Å². The second kappa shape index (κ2) is 9.33. The number of allylic oxidation sites excluding steroid dienone is 5. The zero-order valence-corrected chi connectivity index (χ0v) is 15.2. The number of nitrogens with zero attached hydrogens (tertiary/aromatic N) is 3. The van der Waals surface area contributed by atoms with E-state index in [1.807, 2.05) is 64.1 Å². The molecule has 2 rings (SSSR count). The van der Waals surface area contributed by atoms with Crippen LogP contribution in [-0.2, 0) is 0 Å². The van der Waals surface area contributed by atoms with Crippen molar-refractivity contribution in [2.24, 2.45) is 4.99 Å². The molecule has 4 nitrogen and oxygen atoms in total. The van der Waals surface area contributed by atoms with E-state index in [0.29, 0.717) is 0 Å². The number of rotatable bonds is 6. The highest BCUT2D eigenvalue weighted by Crippen LogP contribution is 2.15. The first-order chi connectivity index (χ1) is 12.1. The Morgan fingerprint density at radius 3 is 2.44 bits per heavy atom. The van der Waals surface area contributed by atoms with E-state index >= 15 is 0 Å². The maximum atomic E-state index is 4.62. The number of nitrogens with one attached hydrogen (secondary N) is 1. The van der Waals surface area contributed by atoms with Gasteiger partial charge in [-0.1, -0.05) is 12.2 Å². The molecule has 2 aromatic heterocycles. The van der Waals surface area contributed by atoms with E-state index in [1.54, 1.807) is 18.6 Å². The largest absolute Gasteiger partial charge is 0.325 e. The van der Waals surface area contributed by atoms with E-state index in [-0.39, 0.29) is 0 Å². The Bertz CT molecular complexity index is 815. The van der Waals surface area contributed by atoms with Gasteiger partial charge in [0, 0.05) is 24.3 Å². The molecule has 0 aliphatic heterocycles. The molecule has 0 bridgehead atoms. The van der Waals surface area contributed by atoms with E-state index in [2.05, 4.69) is 32.4 Å². The second-order valence-corrected chi connectivity index (χ2v) is 5.58. The van der Waals surface area contributed by atoms with Crippen LogP contribution < -0.4 is 5.32 Å². The maximum Gasteiger partial charge on any atom is 0.131 e. The van der Waals surface area contributed by atoms with E-state index < -0.39 is 0 Å². The fourth-order valence-corrected chi connectivity index (χ4v) is 2.24. The molecule has 0 atom stereocenters. The molecule has 2 heterocycles. The lowest BCUT2D eigenvalue weighted by molar-refractivity contribution is 1.20. The summed E-state index contributed by atoms with van der Waals surface area (Å²) in [5.74, 6) is 1.56. The van der Waals surface area contributed by atoms with Gasteiger partial charge in [-0.2, -0.15) is 0 Å². The van der Waals surface area contributed by atoms with Gasteiger partial charge in [-0.15, -0.1) is 0 Å². The first-order valence-electron chi connectivity index (χ1n) is 8.28. The fraction of sp³-hybridized carbons (Fsp3) is 0.190. The summed E-state index contributed by atoms with van der Waals surface area (Å²) in [4.78, 5) is 13.0. The lowest BCUT2D eigenvalue weighted by atomic mass is 10.1. The molecular weight excluding hydrogens is 308 g/mol.